The van der Waals surface area contributed by atoms with Gasteiger partial charge in [-0.3, -0.25) is 4.79 Å². The lowest BCUT2D eigenvalue weighted by Gasteiger charge is -2.35. The summed E-state index contributed by atoms with van der Waals surface area (Å²) in [4.78, 5) is 13.9. The Labute approximate surface area is 118 Å². The van der Waals surface area contributed by atoms with Crippen molar-refractivity contribution in [3.8, 4) is 0 Å². The summed E-state index contributed by atoms with van der Waals surface area (Å²) in [5, 5.41) is 0.691. The highest BCUT2D eigenvalue weighted by molar-refractivity contribution is 6.30. The van der Waals surface area contributed by atoms with Gasteiger partial charge in [-0.1, -0.05) is 23.7 Å². The van der Waals surface area contributed by atoms with E-state index in [1.54, 1.807) is 0 Å². The van der Waals surface area contributed by atoms with E-state index >= 15 is 0 Å². The van der Waals surface area contributed by atoms with Crippen molar-refractivity contribution in [3.63, 3.8) is 0 Å². The maximum atomic E-state index is 12.0. The van der Waals surface area contributed by atoms with Crippen LogP contribution in [0.1, 0.15) is 18.4 Å². The van der Waals surface area contributed by atoms with Crippen LogP contribution in [0.15, 0.2) is 24.3 Å². The fourth-order valence-electron chi connectivity index (χ4n) is 2.30. The van der Waals surface area contributed by atoms with Gasteiger partial charge in [-0.2, -0.15) is 0 Å². The van der Waals surface area contributed by atoms with Crippen LogP contribution in [0.25, 0.3) is 0 Å². The molecular weight excluding hydrogens is 264 g/mol. The van der Waals surface area contributed by atoms with Crippen LogP contribution in [0.4, 0.5) is 0 Å². The fraction of sp³-hybridized carbons (Fsp3) is 0.500. The van der Waals surface area contributed by atoms with E-state index in [-0.39, 0.29) is 18.6 Å². The van der Waals surface area contributed by atoms with Gasteiger partial charge in [0.1, 0.15) is 6.61 Å². The summed E-state index contributed by atoms with van der Waals surface area (Å²) in [5.74, 6) is 0.0354. The molecule has 0 saturated carbocycles. The van der Waals surface area contributed by atoms with Gasteiger partial charge in [0.2, 0.25) is 5.91 Å². The molecule has 1 saturated heterocycles. The molecular formula is C14H19ClN2O2. The summed E-state index contributed by atoms with van der Waals surface area (Å²) in [6, 6.07) is 7.72. The molecule has 0 aliphatic carbocycles. The number of carbonyl (C=O) groups excluding carboxylic acids is 1. The number of morpholine rings is 1. The van der Waals surface area contributed by atoms with E-state index in [9.17, 15) is 4.79 Å². The molecule has 104 valence electrons. The fourth-order valence-corrected chi connectivity index (χ4v) is 2.51. The lowest BCUT2D eigenvalue weighted by Crippen LogP contribution is -2.48. The maximum Gasteiger partial charge on any atom is 0.249 e. The minimum atomic E-state index is 0.0354. The number of nitrogens with two attached hydrogens (primary N) is 1. The van der Waals surface area contributed by atoms with E-state index in [2.05, 4.69) is 0 Å². The molecule has 2 rings (SSSR count). The minimum absolute atomic E-state index is 0.0354. The summed E-state index contributed by atoms with van der Waals surface area (Å²) >= 11 is 5.97. The number of halogens is 1. The smallest absolute Gasteiger partial charge is 0.249 e. The molecule has 1 amide bonds. The van der Waals surface area contributed by atoms with Gasteiger partial charge in [0.15, 0.2) is 0 Å². The van der Waals surface area contributed by atoms with Crippen molar-refractivity contribution in [1.82, 2.24) is 4.90 Å². The van der Waals surface area contributed by atoms with E-state index in [0.717, 1.165) is 18.4 Å². The van der Waals surface area contributed by atoms with Crippen LogP contribution in [0.2, 0.25) is 5.02 Å². The van der Waals surface area contributed by atoms with Gasteiger partial charge >= 0.3 is 0 Å². The Balaban J connectivity index is 2.06. The largest absolute Gasteiger partial charge is 0.369 e. The van der Waals surface area contributed by atoms with Crippen LogP contribution < -0.4 is 5.73 Å². The third-order valence-corrected chi connectivity index (χ3v) is 3.52. The standard InChI is InChI=1S/C14H19ClN2O2/c15-12-4-1-3-11(7-12)8-17-13(5-2-6-16)9-19-10-14(17)18/h1,3-4,7,13H,2,5-6,8-10,16H2. The van der Waals surface area contributed by atoms with E-state index in [1.165, 1.54) is 0 Å². The van der Waals surface area contributed by atoms with Crippen LogP contribution in [-0.2, 0) is 16.1 Å². The molecule has 2 N–H and O–H groups in total. The van der Waals surface area contributed by atoms with Gasteiger partial charge in [-0.05, 0) is 37.1 Å². The number of amides is 1. The predicted octanol–water partition coefficient (Wildman–Crippen LogP) is 1.81. The molecule has 5 heteroatoms. The first-order valence-corrected chi connectivity index (χ1v) is 6.90. The van der Waals surface area contributed by atoms with Crippen molar-refractivity contribution in [1.29, 1.82) is 0 Å². The van der Waals surface area contributed by atoms with Crippen molar-refractivity contribution in [2.24, 2.45) is 5.73 Å². The summed E-state index contributed by atoms with van der Waals surface area (Å²) < 4.78 is 5.33. The Morgan fingerprint density at radius 1 is 1.47 bits per heavy atom. The van der Waals surface area contributed by atoms with Crippen LogP contribution in [0.5, 0.6) is 0 Å². The van der Waals surface area contributed by atoms with Crippen LogP contribution in [-0.4, -0.2) is 36.6 Å². The van der Waals surface area contributed by atoms with E-state index in [4.69, 9.17) is 22.1 Å². The Bertz CT molecular complexity index is 439. The average Bonchev–Trinajstić information content (AvgIpc) is 2.39. The molecule has 1 unspecified atom stereocenters. The third-order valence-electron chi connectivity index (χ3n) is 3.28. The number of rotatable bonds is 5. The van der Waals surface area contributed by atoms with Crippen molar-refractivity contribution in [2.75, 3.05) is 19.8 Å². The lowest BCUT2D eigenvalue weighted by molar-refractivity contribution is -0.149. The molecule has 19 heavy (non-hydrogen) atoms. The normalized spacial score (nSPS) is 19.8. The first-order valence-electron chi connectivity index (χ1n) is 6.52. The van der Waals surface area contributed by atoms with Gasteiger partial charge in [0.05, 0.1) is 12.6 Å². The van der Waals surface area contributed by atoms with Crippen LogP contribution >= 0.6 is 11.6 Å². The third kappa shape index (κ3) is 3.93. The van der Waals surface area contributed by atoms with Gasteiger partial charge < -0.3 is 15.4 Å². The van der Waals surface area contributed by atoms with Crippen LogP contribution in [0.3, 0.4) is 0 Å². The Morgan fingerprint density at radius 2 is 2.32 bits per heavy atom. The van der Waals surface area contributed by atoms with Crippen molar-refractivity contribution in [2.45, 2.75) is 25.4 Å². The molecule has 0 bridgehead atoms. The zero-order valence-electron chi connectivity index (χ0n) is 10.8. The van der Waals surface area contributed by atoms with E-state index in [0.29, 0.717) is 24.7 Å². The van der Waals surface area contributed by atoms with E-state index < -0.39 is 0 Å². The molecule has 1 atom stereocenters. The van der Waals surface area contributed by atoms with Gasteiger partial charge in [-0.15, -0.1) is 0 Å². The first-order chi connectivity index (χ1) is 9.20. The molecule has 1 aliphatic rings. The Hall–Kier alpha value is -1.10. The molecule has 1 heterocycles. The molecule has 0 spiro atoms. The average molecular weight is 283 g/mol. The zero-order valence-corrected chi connectivity index (χ0v) is 11.6. The molecule has 1 aromatic rings. The molecule has 4 nitrogen and oxygen atoms in total. The highest BCUT2D eigenvalue weighted by Gasteiger charge is 2.28. The van der Waals surface area contributed by atoms with Crippen molar-refractivity contribution >= 4 is 17.5 Å². The van der Waals surface area contributed by atoms with Gasteiger partial charge in [0, 0.05) is 11.6 Å². The Morgan fingerprint density at radius 3 is 3.05 bits per heavy atom. The molecule has 1 aliphatic heterocycles. The Kier molecular flexibility index (Phi) is 5.19. The number of hydrogen-bond acceptors (Lipinski definition) is 3. The SMILES string of the molecule is NCCCC1COCC(=O)N1Cc1cccc(Cl)c1. The monoisotopic (exact) mass is 282 g/mol. The quantitative estimate of drug-likeness (QED) is 0.896. The second-order valence-corrected chi connectivity index (χ2v) is 5.19. The number of nitrogens with zero attached hydrogens (tertiary/aromatic N) is 1. The summed E-state index contributed by atoms with van der Waals surface area (Å²) in [6.07, 6.45) is 1.77. The zero-order chi connectivity index (χ0) is 13.7. The topological polar surface area (TPSA) is 55.6 Å². The number of ether oxygens (including phenoxy) is 1. The predicted molar refractivity (Wildman–Crippen MR) is 74.9 cm³/mol. The lowest BCUT2D eigenvalue weighted by atomic mass is 10.1. The summed E-state index contributed by atoms with van der Waals surface area (Å²) in [7, 11) is 0. The van der Waals surface area contributed by atoms with E-state index in [1.807, 2.05) is 29.2 Å². The highest BCUT2D eigenvalue weighted by atomic mass is 35.5. The maximum absolute atomic E-state index is 12.0. The van der Waals surface area contributed by atoms with Gasteiger partial charge in [-0.25, -0.2) is 0 Å². The van der Waals surface area contributed by atoms with Crippen molar-refractivity contribution < 1.29 is 9.53 Å². The number of benzene rings is 1. The number of carbonyl (C=O) groups is 1. The highest BCUT2D eigenvalue weighted by Crippen LogP contribution is 2.19. The van der Waals surface area contributed by atoms with Crippen molar-refractivity contribution in [3.05, 3.63) is 34.9 Å². The second-order valence-electron chi connectivity index (χ2n) is 4.75. The molecule has 0 aromatic heterocycles. The first kappa shape index (κ1) is 14.3. The molecule has 0 radical (unpaired) electrons. The number of hydrogen-bond donors (Lipinski definition) is 1. The molecule has 1 aromatic carbocycles. The summed E-state index contributed by atoms with van der Waals surface area (Å²) in [5.41, 5.74) is 6.58. The summed E-state index contributed by atoms with van der Waals surface area (Å²) in [6.45, 7) is 1.97. The molecule has 1 fully saturated rings. The second kappa shape index (κ2) is 6.89. The van der Waals surface area contributed by atoms with Crippen LogP contribution in [0, 0.1) is 0 Å². The van der Waals surface area contributed by atoms with Gasteiger partial charge in [0.25, 0.3) is 0 Å². The minimum Gasteiger partial charge on any atom is -0.369 e.